The van der Waals surface area contributed by atoms with Gasteiger partial charge in [0.1, 0.15) is 17.7 Å². The lowest BCUT2D eigenvalue weighted by molar-refractivity contribution is -0.130. The number of nitrogens with zero attached hydrogens (tertiary/aromatic N) is 2. The zero-order chi connectivity index (χ0) is 19.9. The highest BCUT2D eigenvalue weighted by Crippen LogP contribution is 2.23. The Labute approximate surface area is 191 Å². The molecule has 0 aliphatic carbocycles. The average Bonchev–Trinajstić information content (AvgIpc) is 3.17. The van der Waals surface area contributed by atoms with Crippen molar-refractivity contribution in [3.05, 3.63) is 52.0 Å². The van der Waals surface area contributed by atoms with Crippen molar-refractivity contribution >= 4 is 47.2 Å². The normalized spacial score (nSPS) is 14.4. The van der Waals surface area contributed by atoms with Crippen LogP contribution in [0, 0.1) is 5.82 Å². The summed E-state index contributed by atoms with van der Waals surface area (Å²) >= 11 is 1.76. The van der Waals surface area contributed by atoms with Crippen LogP contribution in [0.15, 0.2) is 40.7 Å². The standard InChI is InChI=1S/C20H25FN4O2S.HI/c1-14(27-17-5-3-16(21)4-6-17)11-23-20(22-2)24-12-19(26)25-9-7-18-15(13-25)8-10-28-18;/h3-6,8,10,14H,7,9,11-13H2,1-2H3,(H2,22,23,24);1H. The van der Waals surface area contributed by atoms with Crippen LogP contribution < -0.4 is 15.4 Å². The van der Waals surface area contributed by atoms with Crippen molar-refractivity contribution in [3.63, 3.8) is 0 Å². The minimum absolute atomic E-state index is 0. The summed E-state index contributed by atoms with van der Waals surface area (Å²) in [5, 5.41) is 8.28. The van der Waals surface area contributed by atoms with Crippen molar-refractivity contribution in [1.82, 2.24) is 15.5 Å². The molecule has 3 rings (SSSR count). The molecule has 0 saturated carbocycles. The molecular formula is C20H26FIN4O2S. The van der Waals surface area contributed by atoms with E-state index >= 15 is 0 Å². The van der Waals surface area contributed by atoms with E-state index in [-0.39, 0.29) is 48.3 Å². The molecule has 1 aliphatic heterocycles. The van der Waals surface area contributed by atoms with E-state index in [0.717, 1.165) is 13.0 Å². The second kappa shape index (κ2) is 11.3. The number of amides is 1. The molecule has 1 unspecified atom stereocenters. The molecule has 0 radical (unpaired) electrons. The predicted molar refractivity (Wildman–Crippen MR) is 125 cm³/mol. The highest BCUT2D eigenvalue weighted by molar-refractivity contribution is 14.0. The summed E-state index contributed by atoms with van der Waals surface area (Å²) in [6, 6.07) is 8.00. The Balaban J connectivity index is 0.00000300. The Hall–Kier alpha value is -1.88. The van der Waals surface area contributed by atoms with Crippen molar-refractivity contribution in [3.8, 4) is 5.75 Å². The zero-order valence-electron chi connectivity index (χ0n) is 16.5. The third-order valence-corrected chi connectivity index (χ3v) is 5.52. The lowest BCUT2D eigenvalue weighted by atomic mass is 10.1. The van der Waals surface area contributed by atoms with Crippen LogP contribution >= 0.6 is 35.3 Å². The number of carbonyl (C=O) groups is 1. The molecule has 0 saturated heterocycles. The summed E-state index contributed by atoms with van der Waals surface area (Å²) in [7, 11) is 1.66. The van der Waals surface area contributed by atoms with Gasteiger partial charge < -0.3 is 20.3 Å². The van der Waals surface area contributed by atoms with E-state index in [9.17, 15) is 9.18 Å². The molecular weight excluding hydrogens is 506 g/mol. The summed E-state index contributed by atoms with van der Waals surface area (Å²) in [5.41, 5.74) is 1.25. The molecule has 158 valence electrons. The first-order valence-electron chi connectivity index (χ1n) is 9.25. The van der Waals surface area contributed by atoms with E-state index in [2.05, 4.69) is 27.1 Å². The highest BCUT2D eigenvalue weighted by Gasteiger charge is 2.21. The Morgan fingerprint density at radius 3 is 2.79 bits per heavy atom. The van der Waals surface area contributed by atoms with Crippen LogP contribution in [-0.2, 0) is 17.8 Å². The minimum Gasteiger partial charge on any atom is -0.489 e. The Morgan fingerprint density at radius 2 is 2.07 bits per heavy atom. The zero-order valence-corrected chi connectivity index (χ0v) is 19.6. The molecule has 2 heterocycles. The first-order chi connectivity index (χ1) is 13.5. The van der Waals surface area contributed by atoms with Gasteiger partial charge in [0.05, 0.1) is 13.1 Å². The first kappa shape index (κ1) is 23.4. The van der Waals surface area contributed by atoms with Crippen LogP contribution in [0.3, 0.4) is 0 Å². The van der Waals surface area contributed by atoms with E-state index in [4.69, 9.17) is 4.74 Å². The van der Waals surface area contributed by atoms with Crippen molar-refractivity contribution in [1.29, 1.82) is 0 Å². The molecule has 29 heavy (non-hydrogen) atoms. The molecule has 0 fully saturated rings. The molecule has 1 amide bonds. The van der Waals surface area contributed by atoms with Crippen molar-refractivity contribution in [2.24, 2.45) is 4.99 Å². The molecule has 1 aliphatic rings. The van der Waals surface area contributed by atoms with Crippen LogP contribution in [-0.4, -0.2) is 49.6 Å². The number of ether oxygens (including phenoxy) is 1. The molecule has 1 aromatic carbocycles. The molecule has 9 heteroatoms. The number of halogens is 2. The van der Waals surface area contributed by atoms with Gasteiger partial charge in [-0.1, -0.05) is 0 Å². The van der Waals surface area contributed by atoms with Gasteiger partial charge in [-0.3, -0.25) is 9.79 Å². The van der Waals surface area contributed by atoms with Crippen LogP contribution in [0.1, 0.15) is 17.4 Å². The molecule has 6 nitrogen and oxygen atoms in total. The average molecular weight is 532 g/mol. The first-order valence-corrected chi connectivity index (χ1v) is 10.1. The molecule has 1 atom stereocenters. The summed E-state index contributed by atoms with van der Waals surface area (Å²) in [4.78, 5) is 19.9. The predicted octanol–water partition coefficient (Wildman–Crippen LogP) is 3.02. The Kier molecular flexibility index (Phi) is 9.15. The number of fused-ring (bicyclic) bond motifs is 1. The maximum atomic E-state index is 12.9. The Bertz CT molecular complexity index is 828. The van der Waals surface area contributed by atoms with Gasteiger partial charge in [0.25, 0.3) is 0 Å². The van der Waals surface area contributed by atoms with Gasteiger partial charge in [-0.25, -0.2) is 4.39 Å². The number of aliphatic imine (C=N–C) groups is 1. The van der Waals surface area contributed by atoms with E-state index in [1.54, 1.807) is 30.5 Å². The van der Waals surface area contributed by atoms with E-state index in [1.807, 2.05) is 11.8 Å². The molecule has 2 N–H and O–H groups in total. The Morgan fingerprint density at radius 1 is 1.31 bits per heavy atom. The van der Waals surface area contributed by atoms with Gasteiger partial charge in [-0.2, -0.15) is 0 Å². The van der Waals surface area contributed by atoms with Crippen molar-refractivity contribution in [2.45, 2.75) is 26.0 Å². The van der Waals surface area contributed by atoms with Gasteiger partial charge in [0.15, 0.2) is 5.96 Å². The second-order valence-corrected chi connectivity index (χ2v) is 7.62. The fourth-order valence-corrected chi connectivity index (χ4v) is 3.87. The van der Waals surface area contributed by atoms with Crippen molar-refractivity contribution in [2.75, 3.05) is 26.7 Å². The third kappa shape index (κ3) is 6.84. The summed E-state index contributed by atoms with van der Waals surface area (Å²) in [5.74, 6) is 0.898. The maximum Gasteiger partial charge on any atom is 0.242 e. The number of guanidine groups is 1. The van der Waals surface area contributed by atoms with Crippen LogP contribution in [0.25, 0.3) is 0 Å². The van der Waals surface area contributed by atoms with E-state index in [1.165, 1.54) is 22.6 Å². The quantitative estimate of drug-likeness (QED) is 0.341. The third-order valence-electron chi connectivity index (χ3n) is 4.50. The van der Waals surface area contributed by atoms with E-state index in [0.29, 0.717) is 24.8 Å². The lowest BCUT2D eigenvalue weighted by Crippen LogP contribution is -2.47. The topological polar surface area (TPSA) is 66.0 Å². The fourth-order valence-electron chi connectivity index (χ4n) is 2.98. The SMILES string of the molecule is CN=C(NCC(=O)N1CCc2sccc2C1)NCC(C)Oc1ccc(F)cc1.I. The number of nitrogens with one attached hydrogen (secondary N) is 2. The summed E-state index contributed by atoms with van der Waals surface area (Å²) in [6.45, 7) is 4.01. The number of thiophene rings is 1. The number of carbonyl (C=O) groups excluding carboxylic acids is 1. The molecule has 2 aromatic rings. The minimum atomic E-state index is -0.295. The lowest BCUT2D eigenvalue weighted by Gasteiger charge is -2.27. The molecule has 1 aromatic heterocycles. The van der Waals surface area contributed by atoms with Gasteiger partial charge in [0.2, 0.25) is 5.91 Å². The number of benzene rings is 1. The number of hydrogen-bond acceptors (Lipinski definition) is 4. The van der Waals surface area contributed by atoms with Crippen LogP contribution in [0.5, 0.6) is 5.75 Å². The number of hydrogen-bond donors (Lipinski definition) is 2. The van der Waals surface area contributed by atoms with Crippen LogP contribution in [0.4, 0.5) is 4.39 Å². The molecule has 0 spiro atoms. The van der Waals surface area contributed by atoms with E-state index < -0.39 is 0 Å². The largest absolute Gasteiger partial charge is 0.489 e. The smallest absolute Gasteiger partial charge is 0.242 e. The van der Waals surface area contributed by atoms with Gasteiger partial charge in [-0.15, -0.1) is 35.3 Å². The highest BCUT2D eigenvalue weighted by atomic mass is 127. The second-order valence-electron chi connectivity index (χ2n) is 6.62. The number of rotatable bonds is 6. The van der Waals surface area contributed by atoms with Crippen molar-refractivity contribution < 1.29 is 13.9 Å². The van der Waals surface area contributed by atoms with Crippen LogP contribution in [0.2, 0.25) is 0 Å². The monoisotopic (exact) mass is 532 g/mol. The molecule has 0 bridgehead atoms. The summed E-state index contributed by atoms with van der Waals surface area (Å²) in [6.07, 6.45) is 0.767. The van der Waals surface area contributed by atoms with Gasteiger partial charge in [-0.05, 0) is 54.6 Å². The summed E-state index contributed by atoms with van der Waals surface area (Å²) < 4.78 is 18.7. The maximum absolute atomic E-state index is 12.9. The van der Waals surface area contributed by atoms with Gasteiger partial charge in [0, 0.05) is 25.0 Å². The fraction of sp³-hybridized carbons (Fsp3) is 0.400. The van der Waals surface area contributed by atoms with Gasteiger partial charge >= 0.3 is 0 Å².